The zero-order valence-electron chi connectivity index (χ0n) is 22.6. The number of nitrogens with two attached hydrogens (primary N) is 1. The highest BCUT2D eigenvalue weighted by atomic mass is 32.5. The van der Waals surface area contributed by atoms with E-state index >= 15 is 0 Å². The number of nitrogen functional groups attached to an aromatic ring is 1. The van der Waals surface area contributed by atoms with Gasteiger partial charge >= 0.3 is 12.6 Å². The summed E-state index contributed by atoms with van der Waals surface area (Å²) in [4.78, 5) is 35.7. The number of H-pyrrole nitrogens is 1. The van der Waals surface area contributed by atoms with Gasteiger partial charge in [0.1, 0.15) is 18.0 Å². The fourth-order valence-electron chi connectivity index (χ4n) is 4.09. The molecular weight excluding hydrogens is 543 g/mol. The van der Waals surface area contributed by atoms with Crippen LogP contribution in [0.1, 0.15) is 47.3 Å². The van der Waals surface area contributed by atoms with E-state index in [2.05, 4.69) is 20.0 Å². The maximum Gasteiger partial charge on any atom is 0.323 e. The number of aromatic nitrogens is 4. The maximum atomic E-state index is 12.7. The van der Waals surface area contributed by atoms with Crippen LogP contribution in [0.15, 0.2) is 41.5 Å². The summed E-state index contributed by atoms with van der Waals surface area (Å²) in [5, 5.41) is 3.06. The van der Waals surface area contributed by atoms with E-state index in [1.165, 1.54) is 6.33 Å². The van der Waals surface area contributed by atoms with Gasteiger partial charge in [0.05, 0.1) is 25.6 Å². The Morgan fingerprint density at radius 2 is 2.08 bits per heavy atom. The van der Waals surface area contributed by atoms with Crippen LogP contribution in [0.25, 0.3) is 11.2 Å². The summed E-state index contributed by atoms with van der Waals surface area (Å²) < 4.78 is 25.7. The van der Waals surface area contributed by atoms with Crippen LogP contribution in [0.2, 0.25) is 0 Å². The number of ether oxygens (including phenoxy) is 2. The molecule has 1 aliphatic heterocycles. The number of carbonyl (C=O) groups is 1. The van der Waals surface area contributed by atoms with Gasteiger partial charge in [0.2, 0.25) is 5.95 Å². The normalized spacial score (nSPS) is 21.9. The molecule has 4 rings (SSSR count). The zero-order valence-corrected chi connectivity index (χ0v) is 24.3. The predicted molar refractivity (Wildman–Crippen MR) is 151 cm³/mol. The van der Waals surface area contributed by atoms with Crippen molar-refractivity contribution in [3.05, 3.63) is 47.0 Å². The fraction of sp³-hybridized carbons (Fsp3) is 0.520. The molecule has 12 nitrogen and oxygen atoms in total. The smallest absolute Gasteiger partial charge is 0.323 e. The van der Waals surface area contributed by atoms with Crippen molar-refractivity contribution in [3.8, 4) is 5.75 Å². The molecule has 0 saturated carbocycles. The van der Waals surface area contributed by atoms with Crippen LogP contribution < -0.4 is 20.9 Å². The van der Waals surface area contributed by atoms with Crippen molar-refractivity contribution in [2.24, 2.45) is 11.3 Å². The number of aromatic amines is 1. The van der Waals surface area contributed by atoms with Crippen LogP contribution in [-0.2, 0) is 30.6 Å². The molecule has 2 aromatic heterocycles. The molecule has 0 amide bonds. The molecule has 0 bridgehead atoms. The van der Waals surface area contributed by atoms with E-state index in [1.807, 2.05) is 45.9 Å². The molecule has 0 spiro atoms. The van der Waals surface area contributed by atoms with Gasteiger partial charge in [0.25, 0.3) is 5.56 Å². The van der Waals surface area contributed by atoms with Crippen molar-refractivity contribution in [3.63, 3.8) is 0 Å². The van der Waals surface area contributed by atoms with Gasteiger partial charge in [0, 0.05) is 5.92 Å². The van der Waals surface area contributed by atoms with Gasteiger partial charge < -0.3 is 24.3 Å². The van der Waals surface area contributed by atoms with Crippen LogP contribution >= 0.6 is 6.64 Å². The Morgan fingerprint density at radius 3 is 2.77 bits per heavy atom. The predicted octanol–water partition coefficient (Wildman–Crippen LogP) is 3.51. The first-order valence-corrected chi connectivity index (χ1v) is 15.3. The Kier molecular flexibility index (Phi) is 8.77. The van der Waals surface area contributed by atoms with E-state index in [0.29, 0.717) is 17.8 Å². The van der Waals surface area contributed by atoms with Crippen LogP contribution in [0.5, 0.6) is 5.75 Å². The van der Waals surface area contributed by atoms with Crippen LogP contribution in [-0.4, -0.2) is 50.8 Å². The molecule has 5 atom stereocenters. The van der Waals surface area contributed by atoms with E-state index in [1.54, 1.807) is 23.6 Å². The molecule has 1 aromatic carbocycles. The van der Waals surface area contributed by atoms with Gasteiger partial charge in [-0.05, 0) is 42.7 Å². The third-order valence-corrected chi connectivity index (χ3v) is 8.43. The molecule has 4 N–H and O–H groups in total. The molecule has 1 saturated heterocycles. The molecular formula is C25H35N6O6PS. The average molecular weight is 579 g/mol. The van der Waals surface area contributed by atoms with Gasteiger partial charge in [-0.2, -0.15) is 4.98 Å². The van der Waals surface area contributed by atoms with Crippen LogP contribution in [0, 0.1) is 11.3 Å². The number of imidazole rings is 1. The molecule has 0 aliphatic carbocycles. The summed E-state index contributed by atoms with van der Waals surface area (Å²) >= 11 is 5.82. The highest BCUT2D eigenvalue weighted by Gasteiger charge is 2.37. The SMILES string of the molecule is CC(NP(=S)(OC[C@@H]1C[C@H](C)[C@H](n2cnc3c(=O)[nH]c(N)nc32)O1)Oc1ccccc1)C(=O)OCC(C)(C)C. The number of nitrogens with zero attached hydrogens (tertiary/aromatic N) is 3. The summed E-state index contributed by atoms with van der Waals surface area (Å²) in [5.41, 5.74) is 5.68. The minimum Gasteiger partial charge on any atom is -0.464 e. The second-order valence-electron chi connectivity index (χ2n) is 10.9. The quantitative estimate of drug-likeness (QED) is 0.239. The largest absolute Gasteiger partial charge is 0.464 e. The lowest BCUT2D eigenvalue weighted by atomic mass is 9.99. The Bertz CT molecular complexity index is 1410. The van der Waals surface area contributed by atoms with Crippen LogP contribution in [0.3, 0.4) is 0 Å². The van der Waals surface area contributed by atoms with Crippen molar-refractivity contribution >= 4 is 41.5 Å². The molecule has 2 unspecified atom stereocenters. The standard InChI is InChI=1S/C25H35N6O6PS/c1-15-11-18(36-22(15)31-14-27-19-20(31)28-24(26)29-21(19)32)12-35-38(39,37-17-9-7-6-8-10-17)30-16(2)23(33)34-13-25(3,4)5/h6-10,14-16,18,22H,11-13H2,1-5H3,(H,30,39)(H3,26,28,29,32)/t15-,16?,18-,22+,38?/m0/s1. The number of anilines is 1. The molecule has 3 heterocycles. The lowest BCUT2D eigenvalue weighted by Crippen LogP contribution is -2.36. The van der Waals surface area contributed by atoms with E-state index in [0.717, 1.165) is 0 Å². The van der Waals surface area contributed by atoms with E-state index in [-0.39, 0.29) is 42.1 Å². The van der Waals surface area contributed by atoms with Crippen molar-refractivity contribution in [2.45, 2.75) is 59.4 Å². The molecule has 1 fully saturated rings. The maximum absolute atomic E-state index is 12.7. The zero-order chi connectivity index (χ0) is 28.4. The van der Waals surface area contributed by atoms with E-state index in [9.17, 15) is 9.59 Å². The highest BCUT2D eigenvalue weighted by Crippen LogP contribution is 2.47. The Morgan fingerprint density at radius 1 is 1.36 bits per heavy atom. The summed E-state index contributed by atoms with van der Waals surface area (Å²) in [6.45, 7) is 6.81. The van der Waals surface area contributed by atoms with Gasteiger partial charge in [-0.25, -0.2) is 10.1 Å². The first-order chi connectivity index (χ1) is 18.3. The van der Waals surface area contributed by atoms with Crippen molar-refractivity contribution in [1.29, 1.82) is 0 Å². The number of hydrogen-bond acceptors (Lipinski definition) is 10. The van der Waals surface area contributed by atoms with Gasteiger partial charge in [-0.15, -0.1) is 0 Å². The van der Waals surface area contributed by atoms with Crippen molar-refractivity contribution in [2.75, 3.05) is 18.9 Å². The topological polar surface area (TPSA) is 156 Å². The summed E-state index contributed by atoms with van der Waals surface area (Å²) in [6, 6.07) is 8.28. The number of nitrogens with one attached hydrogen (secondary N) is 2. The van der Waals surface area contributed by atoms with E-state index in [4.69, 9.17) is 36.1 Å². The highest BCUT2D eigenvalue weighted by molar-refractivity contribution is 8.09. The fourth-order valence-corrected chi connectivity index (χ4v) is 6.52. The van der Waals surface area contributed by atoms with Crippen molar-refractivity contribution < 1.29 is 23.3 Å². The third-order valence-electron chi connectivity index (χ3n) is 5.93. The van der Waals surface area contributed by atoms with Crippen molar-refractivity contribution in [1.82, 2.24) is 24.6 Å². The molecule has 14 heteroatoms. The van der Waals surface area contributed by atoms with Crippen LogP contribution in [0.4, 0.5) is 5.95 Å². The first-order valence-electron chi connectivity index (χ1n) is 12.6. The number of para-hydroxylation sites is 1. The van der Waals surface area contributed by atoms with Gasteiger partial charge in [-0.1, -0.05) is 45.9 Å². The molecule has 3 aromatic rings. The summed E-state index contributed by atoms with van der Waals surface area (Å²) in [5.74, 6) is 0.116. The number of fused-ring (bicyclic) bond motifs is 1. The minimum atomic E-state index is -3.21. The lowest BCUT2D eigenvalue weighted by molar-refractivity contribution is -0.148. The average Bonchev–Trinajstić information content (AvgIpc) is 3.44. The Labute approximate surface area is 231 Å². The second-order valence-corrected chi connectivity index (χ2v) is 14.0. The Balaban J connectivity index is 1.46. The third kappa shape index (κ3) is 7.43. The number of carbonyl (C=O) groups excluding carboxylic acids is 1. The first kappa shape index (κ1) is 29.2. The molecule has 212 valence electrons. The molecule has 39 heavy (non-hydrogen) atoms. The molecule has 1 aliphatic rings. The second kappa shape index (κ2) is 11.7. The molecule has 0 radical (unpaired) electrons. The number of benzene rings is 1. The minimum absolute atomic E-state index is 0.000226. The van der Waals surface area contributed by atoms with Gasteiger partial charge in [0.15, 0.2) is 11.2 Å². The monoisotopic (exact) mass is 578 g/mol. The van der Waals surface area contributed by atoms with E-state index < -0.39 is 30.4 Å². The number of esters is 1. The van der Waals surface area contributed by atoms with Gasteiger partial charge in [-0.3, -0.25) is 19.1 Å². The summed E-state index contributed by atoms with van der Waals surface area (Å²) in [7, 11) is 0. The lowest BCUT2D eigenvalue weighted by Gasteiger charge is -2.28. The Hall–Kier alpha value is -2.83. The number of hydrogen-bond donors (Lipinski definition) is 3. The summed E-state index contributed by atoms with van der Waals surface area (Å²) in [6.07, 6.45) is 1.39. The number of rotatable bonds is 10.